The molecule has 23 heavy (non-hydrogen) atoms. The second-order valence-electron chi connectivity index (χ2n) is 5.60. The first-order chi connectivity index (χ1) is 11.0. The Morgan fingerprint density at radius 1 is 1.30 bits per heavy atom. The summed E-state index contributed by atoms with van der Waals surface area (Å²) >= 11 is 0. The SMILES string of the molecule is CCN(CC)c1ccc(CNC(=O)[C@H]2CC[C@@H](C(=O)O)N2)cn1. The lowest BCUT2D eigenvalue weighted by Gasteiger charge is -2.19. The summed E-state index contributed by atoms with van der Waals surface area (Å²) in [6, 6.07) is 2.84. The van der Waals surface area contributed by atoms with Gasteiger partial charge in [-0.25, -0.2) is 4.98 Å². The van der Waals surface area contributed by atoms with Crippen molar-refractivity contribution in [1.82, 2.24) is 15.6 Å². The molecule has 7 nitrogen and oxygen atoms in total. The Morgan fingerprint density at radius 2 is 2.00 bits per heavy atom. The number of carboxylic acid groups (broad SMARTS) is 1. The predicted octanol–water partition coefficient (Wildman–Crippen LogP) is 0.749. The van der Waals surface area contributed by atoms with E-state index in [4.69, 9.17) is 5.11 Å². The van der Waals surface area contributed by atoms with Gasteiger partial charge >= 0.3 is 5.97 Å². The molecule has 0 saturated carbocycles. The van der Waals surface area contributed by atoms with Gasteiger partial charge < -0.3 is 15.3 Å². The van der Waals surface area contributed by atoms with Crippen LogP contribution in [0.25, 0.3) is 0 Å². The van der Waals surface area contributed by atoms with Crippen molar-refractivity contribution >= 4 is 17.7 Å². The molecule has 126 valence electrons. The fourth-order valence-electron chi connectivity index (χ4n) is 2.71. The van der Waals surface area contributed by atoms with E-state index in [1.54, 1.807) is 6.20 Å². The summed E-state index contributed by atoms with van der Waals surface area (Å²) in [5, 5.41) is 14.6. The van der Waals surface area contributed by atoms with Crippen LogP contribution in [0.15, 0.2) is 18.3 Å². The fraction of sp³-hybridized carbons (Fsp3) is 0.562. The van der Waals surface area contributed by atoms with Gasteiger partial charge in [0.25, 0.3) is 0 Å². The molecule has 1 aliphatic rings. The second-order valence-corrected chi connectivity index (χ2v) is 5.60. The maximum absolute atomic E-state index is 12.1. The number of amides is 1. The highest BCUT2D eigenvalue weighted by Crippen LogP contribution is 2.13. The number of pyridine rings is 1. The second kappa shape index (κ2) is 7.92. The predicted molar refractivity (Wildman–Crippen MR) is 87.2 cm³/mol. The number of nitrogens with zero attached hydrogens (tertiary/aromatic N) is 2. The highest BCUT2D eigenvalue weighted by molar-refractivity contribution is 5.84. The first kappa shape index (κ1) is 17.2. The van der Waals surface area contributed by atoms with E-state index in [0.717, 1.165) is 24.5 Å². The van der Waals surface area contributed by atoms with Gasteiger partial charge in [-0.1, -0.05) is 6.07 Å². The van der Waals surface area contributed by atoms with Gasteiger partial charge in [-0.2, -0.15) is 0 Å². The molecule has 0 spiro atoms. The molecule has 3 N–H and O–H groups in total. The summed E-state index contributed by atoms with van der Waals surface area (Å²) in [6.07, 6.45) is 2.78. The van der Waals surface area contributed by atoms with E-state index in [1.807, 2.05) is 12.1 Å². The molecule has 1 aliphatic heterocycles. The van der Waals surface area contributed by atoms with Crippen LogP contribution in [0.2, 0.25) is 0 Å². The van der Waals surface area contributed by atoms with Gasteiger partial charge in [-0.3, -0.25) is 14.9 Å². The summed E-state index contributed by atoms with van der Waals surface area (Å²) in [4.78, 5) is 29.5. The third kappa shape index (κ3) is 4.41. The number of anilines is 1. The molecule has 1 aromatic rings. The maximum atomic E-state index is 12.1. The summed E-state index contributed by atoms with van der Waals surface area (Å²) in [5.74, 6) is -0.148. The van der Waals surface area contributed by atoms with Crippen LogP contribution in [0.4, 0.5) is 5.82 Å². The molecule has 1 fully saturated rings. The lowest BCUT2D eigenvalue weighted by atomic mass is 10.2. The number of carbonyl (C=O) groups is 2. The summed E-state index contributed by atoms with van der Waals surface area (Å²) < 4.78 is 0. The fourth-order valence-corrected chi connectivity index (χ4v) is 2.71. The quantitative estimate of drug-likeness (QED) is 0.686. The number of nitrogens with one attached hydrogen (secondary N) is 2. The molecule has 2 heterocycles. The molecule has 2 rings (SSSR count). The maximum Gasteiger partial charge on any atom is 0.320 e. The van der Waals surface area contributed by atoms with E-state index < -0.39 is 18.1 Å². The number of carbonyl (C=O) groups excluding carboxylic acids is 1. The van der Waals surface area contributed by atoms with Crippen molar-refractivity contribution in [3.8, 4) is 0 Å². The van der Waals surface area contributed by atoms with Crippen LogP contribution in [0.3, 0.4) is 0 Å². The van der Waals surface area contributed by atoms with Crippen molar-refractivity contribution in [2.75, 3.05) is 18.0 Å². The van der Waals surface area contributed by atoms with Crippen molar-refractivity contribution in [3.05, 3.63) is 23.9 Å². The number of aliphatic carboxylic acids is 1. The molecular formula is C16H24N4O3. The summed E-state index contributed by atoms with van der Waals surface area (Å²) in [7, 11) is 0. The Balaban J connectivity index is 1.84. The molecule has 0 aliphatic carbocycles. The average Bonchev–Trinajstić information content (AvgIpc) is 3.05. The van der Waals surface area contributed by atoms with Crippen molar-refractivity contribution in [1.29, 1.82) is 0 Å². The van der Waals surface area contributed by atoms with Crippen LogP contribution in [-0.2, 0) is 16.1 Å². The normalized spacial score (nSPS) is 20.3. The number of aromatic nitrogens is 1. The van der Waals surface area contributed by atoms with Crippen molar-refractivity contribution in [2.24, 2.45) is 0 Å². The van der Waals surface area contributed by atoms with Gasteiger partial charge in [-0.15, -0.1) is 0 Å². The molecule has 0 aromatic carbocycles. The highest BCUT2D eigenvalue weighted by Gasteiger charge is 2.32. The van der Waals surface area contributed by atoms with E-state index in [1.165, 1.54) is 0 Å². The van der Waals surface area contributed by atoms with Crippen molar-refractivity contribution in [3.63, 3.8) is 0 Å². The molecule has 1 aromatic heterocycles. The standard InChI is InChI=1S/C16H24N4O3/c1-3-20(4-2)14-8-5-11(9-17-14)10-18-15(21)12-6-7-13(19-12)16(22)23/h5,8-9,12-13,19H,3-4,6-7,10H2,1-2H3,(H,18,21)(H,22,23)/t12-,13+/m1/s1. The third-order valence-electron chi connectivity index (χ3n) is 4.12. The van der Waals surface area contributed by atoms with E-state index in [-0.39, 0.29) is 5.91 Å². The Kier molecular flexibility index (Phi) is 5.92. The van der Waals surface area contributed by atoms with Gasteiger partial charge in [0, 0.05) is 25.8 Å². The van der Waals surface area contributed by atoms with E-state index in [2.05, 4.69) is 34.4 Å². The minimum Gasteiger partial charge on any atom is -0.480 e. The topological polar surface area (TPSA) is 94.6 Å². The first-order valence-electron chi connectivity index (χ1n) is 8.01. The van der Waals surface area contributed by atoms with E-state index in [0.29, 0.717) is 19.4 Å². The van der Waals surface area contributed by atoms with Crippen LogP contribution >= 0.6 is 0 Å². The minimum atomic E-state index is -0.906. The smallest absolute Gasteiger partial charge is 0.320 e. The Labute approximate surface area is 136 Å². The molecule has 1 saturated heterocycles. The average molecular weight is 320 g/mol. The summed E-state index contributed by atoms with van der Waals surface area (Å²) in [6.45, 7) is 6.35. The van der Waals surface area contributed by atoms with Gasteiger partial charge in [-0.05, 0) is 38.3 Å². The third-order valence-corrected chi connectivity index (χ3v) is 4.12. The van der Waals surface area contributed by atoms with Gasteiger partial charge in [0.05, 0.1) is 6.04 Å². The lowest BCUT2D eigenvalue weighted by molar-refractivity contribution is -0.139. The monoisotopic (exact) mass is 320 g/mol. The highest BCUT2D eigenvalue weighted by atomic mass is 16.4. The molecule has 0 radical (unpaired) electrons. The largest absolute Gasteiger partial charge is 0.480 e. The molecule has 2 atom stereocenters. The number of rotatable bonds is 7. The molecule has 0 unspecified atom stereocenters. The molecule has 1 amide bonds. The Bertz CT molecular complexity index is 543. The van der Waals surface area contributed by atoms with Crippen LogP contribution in [-0.4, -0.2) is 47.1 Å². The Morgan fingerprint density at radius 3 is 2.52 bits per heavy atom. The van der Waals surface area contributed by atoms with Crippen LogP contribution in [0, 0.1) is 0 Å². The van der Waals surface area contributed by atoms with E-state index in [9.17, 15) is 9.59 Å². The zero-order valence-electron chi connectivity index (χ0n) is 13.6. The van der Waals surface area contributed by atoms with Crippen LogP contribution in [0.5, 0.6) is 0 Å². The van der Waals surface area contributed by atoms with Crippen LogP contribution in [0.1, 0.15) is 32.3 Å². The summed E-state index contributed by atoms with van der Waals surface area (Å²) in [5.41, 5.74) is 0.919. The van der Waals surface area contributed by atoms with Crippen molar-refractivity contribution in [2.45, 2.75) is 45.3 Å². The molecular weight excluding hydrogens is 296 g/mol. The van der Waals surface area contributed by atoms with Gasteiger partial charge in [0.1, 0.15) is 11.9 Å². The van der Waals surface area contributed by atoms with Gasteiger partial charge in [0.15, 0.2) is 0 Å². The first-order valence-corrected chi connectivity index (χ1v) is 8.01. The zero-order chi connectivity index (χ0) is 16.8. The van der Waals surface area contributed by atoms with Crippen LogP contribution < -0.4 is 15.5 Å². The molecule has 7 heteroatoms. The van der Waals surface area contributed by atoms with Gasteiger partial charge in [0.2, 0.25) is 5.91 Å². The number of hydrogen-bond donors (Lipinski definition) is 3. The zero-order valence-corrected chi connectivity index (χ0v) is 13.6. The minimum absolute atomic E-state index is 0.165. The van der Waals surface area contributed by atoms with Crippen molar-refractivity contribution < 1.29 is 14.7 Å². The van der Waals surface area contributed by atoms with E-state index >= 15 is 0 Å². The molecule has 0 bridgehead atoms. The Hall–Kier alpha value is -2.15. The number of hydrogen-bond acceptors (Lipinski definition) is 5. The number of carboxylic acids is 1. The lowest BCUT2D eigenvalue weighted by Crippen LogP contribution is -2.44.